The molecule has 1 heterocycles. The third kappa shape index (κ3) is 6.47. The van der Waals surface area contributed by atoms with Crippen LogP contribution >= 0.6 is 11.6 Å². The van der Waals surface area contributed by atoms with Crippen molar-refractivity contribution >= 4 is 40.7 Å². The molecule has 164 valence electrons. The molecule has 0 aliphatic heterocycles. The molecular formula is C24H23ClN4O3. The van der Waals surface area contributed by atoms with E-state index in [1.54, 1.807) is 60.6 Å². The lowest BCUT2D eigenvalue weighted by atomic mass is 10.0. The minimum atomic E-state index is -0.363. The van der Waals surface area contributed by atoms with Crippen LogP contribution < -0.4 is 10.6 Å². The van der Waals surface area contributed by atoms with Crippen LogP contribution in [0, 0.1) is 6.92 Å². The van der Waals surface area contributed by atoms with Crippen molar-refractivity contribution in [1.29, 1.82) is 0 Å². The number of carbonyl (C=O) groups is 3. The largest absolute Gasteiger partial charge is 0.324 e. The number of amides is 2. The van der Waals surface area contributed by atoms with Gasteiger partial charge < -0.3 is 10.6 Å². The number of ketones is 1. The van der Waals surface area contributed by atoms with Crippen LogP contribution in [0.1, 0.15) is 21.5 Å². The van der Waals surface area contributed by atoms with Gasteiger partial charge in [0.1, 0.15) is 5.82 Å². The molecule has 0 aliphatic rings. The maximum atomic E-state index is 12.9. The number of nitrogens with one attached hydrogen (secondary N) is 2. The first-order chi connectivity index (χ1) is 15.3. The average Bonchev–Trinajstić information content (AvgIpc) is 2.76. The molecule has 32 heavy (non-hydrogen) atoms. The van der Waals surface area contributed by atoms with Crippen molar-refractivity contribution in [3.8, 4) is 0 Å². The van der Waals surface area contributed by atoms with Crippen LogP contribution in [0.15, 0.2) is 66.9 Å². The lowest BCUT2D eigenvalue weighted by molar-refractivity contribution is -0.119. The van der Waals surface area contributed by atoms with Crippen LogP contribution in [0.5, 0.6) is 0 Å². The molecule has 0 atom stereocenters. The monoisotopic (exact) mass is 450 g/mol. The molecule has 3 rings (SSSR count). The van der Waals surface area contributed by atoms with Crippen LogP contribution in [0.2, 0.25) is 5.02 Å². The number of benzene rings is 2. The maximum Gasteiger partial charge on any atom is 0.239 e. The molecule has 0 aliphatic carbocycles. The molecule has 0 saturated carbocycles. The number of hydrogen-bond acceptors (Lipinski definition) is 5. The maximum absolute atomic E-state index is 12.9. The molecule has 2 N–H and O–H groups in total. The Balaban J connectivity index is 1.61. The number of aryl methyl sites for hydroxylation is 1. The van der Waals surface area contributed by atoms with Crippen molar-refractivity contribution in [3.63, 3.8) is 0 Å². The number of aromatic nitrogens is 1. The van der Waals surface area contributed by atoms with Gasteiger partial charge in [0.25, 0.3) is 0 Å². The van der Waals surface area contributed by atoms with Crippen LogP contribution in [0.3, 0.4) is 0 Å². The molecule has 2 amide bonds. The van der Waals surface area contributed by atoms with Crippen molar-refractivity contribution in [2.45, 2.75) is 6.92 Å². The van der Waals surface area contributed by atoms with Crippen molar-refractivity contribution in [3.05, 3.63) is 88.6 Å². The lowest BCUT2D eigenvalue weighted by Gasteiger charge is -2.17. The molecule has 0 fully saturated rings. The lowest BCUT2D eigenvalue weighted by Crippen LogP contribution is -2.36. The highest BCUT2D eigenvalue weighted by Crippen LogP contribution is 2.23. The zero-order valence-corrected chi connectivity index (χ0v) is 18.5. The summed E-state index contributed by atoms with van der Waals surface area (Å²) in [6, 6.07) is 17.0. The Morgan fingerprint density at radius 1 is 0.938 bits per heavy atom. The first-order valence-corrected chi connectivity index (χ1v) is 10.3. The van der Waals surface area contributed by atoms with Gasteiger partial charge in [0.15, 0.2) is 5.78 Å². The summed E-state index contributed by atoms with van der Waals surface area (Å²) in [6.45, 7) is 1.86. The second kappa shape index (κ2) is 10.7. The quantitative estimate of drug-likeness (QED) is 0.509. The van der Waals surface area contributed by atoms with E-state index >= 15 is 0 Å². The number of anilines is 2. The fourth-order valence-corrected chi connectivity index (χ4v) is 3.19. The van der Waals surface area contributed by atoms with Crippen molar-refractivity contribution in [1.82, 2.24) is 9.88 Å². The van der Waals surface area contributed by atoms with Crippen molar-refractivity contribution in [2.75, 3.05) is 30.8 Å². The number of halogens is 1. The van der Waals surface area contributed by atoms with Crippen molar-refractivity contribution < 1.29 is 14.4 Å². The smallest absolute Gasteiger partial charge is 0.239 e. The highest BCUT2D eigenvalue weighted by molar-refractivity contribution is 6.31. The van der Waals surface area contributed by atoms with Gasteiger partial charge >= 0.3 is 0 Å². The first-order valence-electron chi connectivity index (χ1n) is 9.92. The summed E-state index contributed by atoms with van der Waals surface area (Å²) >= 11 is 6.08. The van der Waals surface area contributed by atoms with E-state index in [1.165, 1.54) is 6.07 Å². The fourth-order valence-electron chi connectivity index (χ4n) is 3.02. The summed E-state index contributed by atoms with van der Waals surface area (Å²) in [5.41, 5.74) is 2.13. The van der Waals surface area contributed by atoms with Gasteiger partial charge in [0.2, 0.25) is 11.8 Å². The molecule has 8 heteroatoms. The molecule has 7 nitrogen and oxygen atoms in total. The zero-order valence-electron chi connectivity index (χ0n) is 17.8. The Kier molecular flexibility index (Phi) is 7.70. The SMILES string of the molecule is Cc1ccc(NC(=O)CN(C)CC(=O)Nc2ccc(Cl)cc2C(=O)c2ccccc2)nc1. The summed E-state index contributed by atoms with van der Waals surface area (Å²) in [5, 5.41) is 5.82. The molecule has 3 aromatic rings. The predicted molar refractivity (Wildman–Crippen MR) is 125 cm³/mol. The summed E-state index contributed by atoms with van der Waals surface area (Å²) < 4.78 is 0. The molecular weight excluding hydrogens is 428 g/mol. The second-order valence-electron chi connectivity index (χ2n) is 7.37. The Morgan fingerprint density at radius 2 is 1.62 bits per heavy atom. The molecule has 0 radical (unpaired) electrons. The number of pyridine rings is 1. The van der Waals surface area contributed by atoms with Crippen LogP contribution in [0.25, 0.3) is 0 Å². The molecule has 0 saturated heterocycles. The minimum Gasteiger partial charge on any atom is -0.324 e. The Hall–Kier alpha value is -3.55. The minimum absolute atomic E-state index is 0.000598. The van der Waals surface area contributed by atoms with Crippen LogP contribution in [-0.2, 0) is 9.59 Å². The second-order valence-corrected chi connectivity index (χ2v) is 7.81. The molecule has 0 spiro atoms. The topological polar surface area (TPSA) is 91.4 Å². The summed E-state index contributed by atoms with van der Waals surface area (Å²) in [7, 11) is 1.65. The third-order valence-corrected chi connectivity index (χ3v) is 4.78. The number of nitrogens with zero attached hydrogens (tertiary/aromatic N) is 2. The average molecular weight is 451 g/mol. The van der Waals surface area contributed by atoms with Gasteiger partial charge in [-0.15, -0.1) is 0 Å². The number of likely N-dealkylation sites (N-methyl/N-ethyl adjacent to an activating group) is 1. The Morgan fingerprint density at radius 3 is 2.28 bits per heavy atom. The van der Waals surface area contributed by atoms with E-state index in [9.17, 15) is 14.4 Å². The van der Waals surface area contributed by atoms with Crippen LogP contribution in [-0.4, -0.2) is 47.6 Å². The summed E-state index contributed by atoms with van der Waals surface area (Å²) in [5.74, 6) is -0.452. The van der Waals surface area contributed by atoms with E-state index in [4.69, 9.17) is 11.6 Å². The van der Waals surface area contributed by atoms with E-state index in [-0.39, 0.29) is 30.7 Å². The van der Waals surface area contributed by atoms with Gasteiger partial charge in [-0.2, -0.15) is 0 Å². The number of rotatable bonds is 8. The summed E-state index contributed by atoms with van der Waals surface area (Å²) in [6.07, 6.45) is 1.66. The van der Waals surface area contributed by atoms with Gasteiger partial charge in [-0.25, -0.2) is 4.98 Å². The highest BCUT2D eigenvalue weighted by Gasteiger charge is 2.17. The first kappa shape index (κ1) is 23.1. The molecule has 1 aromatic heterocycles. The molecule has 0 unspecified atom stereocenters. The van der Waals surface area contributed by atoms with Gasteiger partial charge in [0.05, 0.1) is 18.8 Å². The van der Waals surface area contributed by atoms with Crippen LogP contribution in [0.4, 0.5) is 11.5 Å². The van der Waals surface area contributed by atoms with Gasteiger partial charge in [-0.1, -0.05) is 48.0 Å². The van der Waals surface area contributed by atoms with E-state index in [2.05, 4.69) is 15.6 Å². The fraction of sp³-hybridized carbons (Fsp3) is 0.167. The van der Waals surface area contributed by atoms with Gasteiger partial charge in [0, 0.05) is 22.3 Å². The number of carbonyl (C=O) groups excluding carboxylic acids is 3. The van der Waals surface area contributed by atoms with E-state index < -0.39 is 0 Å². The van der Waals surface area contributed by atoms with E-state index in [0.29, 0.717) is 27.7 Å². The van der Waals surface area contributed by atoms with Crippen molar-refractivity contribution in [2.24, 2.45) is 0 Å². The highest BCUT2D eigenvalue weighted by atomic mass is 35.5. The molecule has 0 bridgehead atoms. The molecule has 2 aromatic carbocycles. The summed E-state index contributed by atoms with van der Waals surface area (Å²) in [4.78, 5) is 43.3. The zero-order chi connectivity index (χ0) is 23.1. The third-order valence-electron chi connectivity index (χ3n) is 4.54. The normalized spacial score (nSPS) is 10.6. The van der Waals surface area contributed by atoms with E-state index in [0.717, 1.165) is 5.56 Å². The van der Waals surface area contributed by atoms with E-state index in [1.807, 2.05) is 19.1 Å². The predicted octanol–water partition coefficient (Wildman–Crippen LogP) is 3.78. The number of hydrogen-bond donors (Lipinski definition) is 2. The standard InChI is InChI=1S/C24H23ClN4O3/c1-16-8-11-21(26-13-16)28-23(31)15-29(2)14-22(30)27-20-10-9-18(25)12-19(20)24(32)17-6-4-3-5-7-17/h3-13H,14-15H2,1-2H3,(H,27,30)(H,26,28,31). The van der Waals surface area contributed by atoms with Gasteiger partial charge in [-0.05, 0) is 43.8 Å². The Bertz CT molecular complexity index is 1120. The Labute approximate surface area is 191 Å². The van der Waals surface area contributed by atoms with Gasteiger partial charge in [-0.3, -0.25) is 19.3 Å².